The lowest BCUT2D eigenvalue weighted by molar-refractivity contribution is 0.363. The zero-order chi connectivity index (χ0) is 17.9. The lowest BCUT2D eigenvalue weighted by Gasteiger charge is -2.23. The van der Waals surface area contributed by atoms with Crippen molar-refractivity contribution in [2.75, 3.05) is 20.6 Å². The van der Waals surface area contributed by atoms with E-state index in [0.29, 0.717) is 21.6 Å². The van der Waals surface area contributed by atoms with Crippen LogP contribution in [0.3, 0.4) is 0 Å². The molecule has 0 unspecified atom stereocenters. The van der Waals surface area contributed by atoms with Gasteiger partial charge in [-0.2, -0.15) is 0 Å². The van der Waals surface area contributed by atoms with Gasteiger partial charge in [-0.3, -0.25) is 0 Å². The first-order valence-corrected chi connectivity index (χ1v) is 9.68. The fraction of sp³-hybridized carbons (Fsp3) is 0.250. The van der Waals surface area contributed by atoms with Gasteiger partial charge in [-0.15, -0.1) is 0 Å². The molecule has 2 aromatic carbocycles. The van der Waals surface area contributed by atoms with Gasteiger partial charge >= 0.3 is 0 Å². The van der Waals surface area contributed by atoms with Crippen molar-refractivity contribution in [3.05, 3.63) is 63.1 Å². The molecule has 0 radical (unpaired) electrons. The van der Waals surface area contributed by atoms with Gasteiger partial charge in [0, 0.05) is 11.6 Å². The average molecular weight is 408 g/mol. The van der Waals surface area contributed by atoms with Crippen LogP contribution in [0.1, 0.15) is 11.6 Å². The minimum atomic E-state index is -3.74. The Labute approximate surface area is 157 Å². The van der Waals surface area contributed by atoms with Crippen molar-refractivity contribution >= 4 is 44.8 Å². The van der Waals surface area contributed by atoms with Crippen molar-refractivity contribution in [2.45, 2.75) is 10.9 Å². The zero-order valence-corrected chi connectivity index (χ0v) is 16.2. The van der Waals surface area contributed by atoms with E-state index >= 15 is 0 Å². The number of likely N-dealkylation sites (N-methyl/N-ethyl adjacent to an activating group) is 1. The van der Waals surface area contributed by atoms with E-state index in [1.807, 2.05) is 19.0 Å². The molecule has 1 atom stereocenters. The Hall–Kier alpha value is -0.820. The molecule has 0 aliphatic carbocycles. The highest BCUT2D eigenvalue weighted by molar-refractivity contribution is 7.89. The fourth-order valence-electron chi connectivity index (χ4n) is 2.19. The van der Waals surface area contributed by atoms with E-state index in [-0.39, 0.29) is 4.90 Å². The first-order chi connectivity index (χ1) is 11.2. The minimum Gasteiger partial charge on any atom is -0.307 e. The standard InChI is InChI=1S/C16H17Cl3N2O2S/c1-21(2)10-16(11-6-7-14(18)15(19)8-11)20-24(22,23)13-5-3-4-12(17)9-13/h3-9,16,20H,10H2,1-2H3/t16-/m1/s1. The molecule has 0 spiro atoms. The summed E-state index contributed by atoms with van der Waals surface area (Å²) in [7, 11) is -0.0173. The van der Waals surface area contributed by atoms with Crippen LogP contribution in [0.4, 0.5) is 0 Å². The van der Waals surface area contributed by atoms with Crippen LogP contribution in [-0.2, 0) is 10.0 Å². The highest BCUT2D eigenvalue weighted by Gasteiger charge is 2.22. The van der Waals surface area contributed by atoms with Gasteiger partial charge in [0.15, 0.2) is 0 Å². The van der Waals surface area contributed by atoms with Crippen LogP contribution in [-0.4, -0.2) is 34.0 Å². The minimum absolute atomic E-state index is 0.110. The normalized spacial score (nSPS) is 13.2. The van der Waals surface area contributed by atoms with Crippen LogP contribution < -0.4 is 4.72 Å². The van der Waals surface area contributed by atoms with Gasteiger partial charge in [0.05, 0.1) is 21.0 Å². The van der Waals surface area contributed by atoms with E-state index in [1.54, 1.807) is 30.3 Å². The summed E-state index contributed by atoms with van der Waals surface area (Å²) >= 11 is 17.9. The van der Waals surface area contributed by atoms with E-state index in [9.17, 15) is 8.42 Å². The smallest absolute Gasteiger partial charge is 0.241 e. The third-order valence-corrected chi connectivity index (χ3v) is 5.74. The summed E-state index contributed by atoms with van der Waals surface area (Å²) in [6, 6.07) is 10.7. The molecule has 0 aromatic heterocycles. The Morgan fingerprint density at radius 1 is 1.04 bits per heavy atom. The van der Waals surface area contributed by atoms with E-state index in [2.05, 4.69) is 4.72 Å². The number of nitrogens with one attached hydrogen (secondary N) is 1. The summed E-state index contributed by atoms with van der Waals surface area (Å²) in [5, 5.41) is 1.15. The van der Waals surface area contributed by atoms with Gasteiger partial charge in [-0.05, 0) is 50.0 Å². The zero-order valence-electron chi connectivity index (χ0n) is 13.1. The topological polar surface area (TPSA) is 49.4 Å². The molecule has 0 fully saturated rings. The molecule has 0 aliphatic heterocycles. The van der Waals surface area contributed by atoms with Gasteiger partial charge in [-0.25, -0.2) is 13.1 Å². The van der Waals surface area contributed by atoms with Crippen molar-refractivity contribution in [3.8, 4) is 0 Å². The quantitative estimate of drug-likeness (QED) is 0.779. The molecule has 0 heterocycles. The van der Waals surface area contributed by atoms with Gasteiger partial charge in [0.25, 0.3) is 0 Å². The lowest BCUT2D eigenvalue weighted by atomic mass is 10.1. The molecule has 0 bridgehead atoms. The second kappa shape index (κ2) is 8.04. The van der Waals surface area contributed by atoms with Crippen LogP contribution in [0, 0.1) is 0 Å². The Morgan fingerprint density at radius 3 is 2.33 bits per heavy atom. The van der Waals surface area contributed by atoms with Crippen molar-refractivity contribution < 1.29 is 8.42 Å². The summed E-state index contributed by atoms with van der Waals surface area (Å²) in [6.07, 6.45) is 0. The first kappa shape index (κ1) is 19.5. The Kier molecular flexibility index (Phi) is 6.53. The second-order valence-corrected chi connectivity index (χ2v) is 8.53. The third kappa shape index (κ3) is 5.09. The molecule has 2 rings (SSSR count). The van der Waals surface area contributed by atoms with Crippen LogP contribution >= 0.6 is 34.8 Å². The average Bonchev–Trinajstić information content (AvgIpc) is 2.48. The molecule has 8 heteroatoms. The van der Waals surface area contributed by atoms with Crippen LogP contribution in [0.2, 0.25) is 15.1 Å². The van der Waals surface area contributed by atoms with Crippen LogP contribution in [0.25, 0.3) is 0 Å². The second-order valence-electron chi connectivity index (χ2n) is 5.57. The van der Waals surface area contributed by atoms with E-state index < -0.39 is 16.1 Å². The van der Waals surface area contributed by atoms with Gasteiger partial charge in [0.2, 0.25) is 10.0 Å². The molecular formula is C16H17Cl3N2O2S. The molecule has 1 N–H and O–H groups in total. The summed E-state index contributed by atoms with van der Waals surface area (Å²) in [5.74, 6) is 0. The Morgan fingerprint density at radius 2 is 1.75 bits per heavy atom. The van der Waals surface area contributed by atoms with E-state index in [1.165, 1.54) is 12.1 Å². The third-order valence-electron chi connectivity index (χ3n) is 3.30. The summed E-state index contributed by atoms with van der Waals surface area (Å²) in [4.78, 5) is 1.99. The molecule has 0 saturated heterocycles. The van der Waals surface area contributed by atoms with E-state index in [4.69, 9.17) is 34.8 Å². The first-order valence-electron chi connectivity index (χ1n) is 7.06. The van der Waals surface area contributed by atoms with Gasteiger partial charge in [0.1, 0.15) is 0 Å². The van der Waals surface area contributed by atoms with E-state index in [0.717, 1.165) is 5.56 Å². The molecule has 24 heavy (non-hydrogen) atoms. The number of benzene rings is 2. The van der Waals surface area contributed by atoms with Crippen molar-refractivity contribution in [1.29, 1.82) is 0 Å². The predicted octanol–water partition coefficient (Wildman–Crippen LogP) is 4.23. The molecule has 0 saturated carbocycles. The molecule has 130 valence electrons. The number of nitrogens with zero attached hydrogens (tertiary/aromatic N) is 1. The largest absolute Gasteiger partial charge is 0.307 e. The lowest BCUT2D eigenvalue weighted by Crippen LogP contribution is -2.35. The highest BCUT2D eigenvalue weighted by Crippen LogP contribution is 2.27. The number of halogens is 3. The summed E-state index contributed by atoms with van der Waals surface area (Å²) < 4.78 is 28.0. The number of hydrogen-bond acceptors (Lipinski definition) is 3. The van der Waals surface area contributed by atoms with Crippen LogP contribution in [0.5, 0.6) is 0 Å². The molecular weight excluding hydrogens is 391 g/mol. The maximum Gasteiger partial charge on any atom is 0.241 e. The van der Waals surface area contributed by atoms with Crippen molar-refractivity contribution in [3.63, 3.8) is 0 Å². The Bertz CT molecular complexity index is 826. The molecule has 4 nitrogen and oxygen atoms in total. The molecule has 0 amide bonds. The van der Waals surface area contributed by atoms with Crippen LogP contribution in [0.15, 0.2) is 47.4 Å². The maximum atomic E-state index is 12.7. The fourth-order valence-corrected chi connectivity index (χ4v) is 4.02. The van der Waals surface area contributed by atoms with Crippen molar-refractivity contribution in [1.82, 2.24) is 9.62 Å². The maximum absolute atomic E-state index is 12.7. The molecule has 0 aliphatic rings. The summed E-state index contributed by atoms with van der Waals surface area (Å²) in [5.41, 5.74) is 0.726. The summed E-state index contributed by atoms with van der Waals surface area (Å²) in [6.45, 7) is 0.456. The highest BCUT2D eigenvalue weighted by atomic mass is 35.5. The number of sulfonamides is 1. The Balaban J connectivity index is 2.36. The predicted molar refractivity (Wildman–Crippen MR) is 99.5 cm³/mol. The number of hydrogen-bond donors (Lipinski definition) is 1. The monoisotopic (exact) mass is 406 g/mol. The van der Waals surface area contributed by atoms with Crippen molar-refractivity contribution in [2.24, 2.45) is 0 Å². The molecule has 2 aromatic rings. The number of rotatable bonds is 6. The van der Waals surface area contributed by atoms with Gasteiger partial charge < -0.3 is 4.90 Å². The van der Waals surface area contributed by atoms with Gasteiger partial charge in [-0.1, -0.05) is 46.9 Å². The SMILES string of the molecule is CN(C)C[C@@H](NS(=O)(=O)c1cccc(Cl)c1)c1ccc(Cl)c(Cl)c1.